The third-order valence-electron chi connectivity index (χ3n) is 0.149. The monoisotopic (exact) mass is 166 g/mol. The molecule has 0 fully saturated rings. The summed E-state index contributed by atoms with van der Waals surface area (Å²) in [6.07, 6.45) is 0. The third kappa shape index (κ3) is 123. The SMILES string of the molecule is COO[OH+]C.F[B-](F)(F)F. The molecule has 0 aromatic heterocycles. The fourth-order valence-corrected chi connectivity index (χ4v) is 0.0745. The summed E-state index contributed by atoms with van der Waals surface area (Å²) < 4.78 is 39.0. The molecular formula is C2H7BF4O3. The van der Waals surface area contributed by atoms with Crippen LogP contribution in [0.1, 0.15) is 0 Å². The number of rotatable bonds is 2. The summed E-state index contributed by atoms with van der Waals surface area (Å²) in [6, 6.07) is 0. The first-order valence-electron chi connectivity index (χ1n) is 2.08. The summed E-state index contributed by atoms with van der Waals surface area (Å²) in [5.41, 5.74) is 0. The molecule has 0 aliphatic carbocycles. The van der Waals surface area contributed by atoms with E-state index in [1.54, 1.807) is 0 Å². The van der Waals surface area contributed by atoms with Gasteiger partial charge in [0.25, 0.3) is 0 Å². The minimum Gasteiger partial charge on any atom is -0.418 e. The van der Waals surface area contributed by atoms with Crippen LogP contribution in [0.15, 0.2) is 0 Å². The summed E-state index contributed by atoms with van der Waals surface area (Å²) in [4.78, 5) is 7.16. The van der Waals surface area contributed by atoms with Crippen LogP contribution in [0.25, 0.3) is 0 Å². The first-order valence-corrected chi connectivity index (χ1v) is 2.08. The van der Waals surface area contributed by atoms with Crippen molar-refractivity contribution in [2.24, 2.45) is 0 Å². The Bertz CT molecular complexity index is 58.0. The topological polar surface area (TPSA) is 31.3 Å². The lowest BCUT2D eigenvalue weighted by atomic mass is 10.3. The van der Waals surface area contributed by atoms with E-state index in [2.05, 4.69) is 14.8 Å². The first-order chi connectivity index (χ1) is 4.41. The maximum atomic E-state index is 9.75. The summed E-state index contributed by atoms with van der Waals surface area (Å²) in [5, 5.41) is 3.96. The lowest BCUT2D eigenvalue weighted by molar-refractivity contribution is -0.569. The molecule has 0 heterocycles. The molecule has 1 N–H and O–H groups in total. The predicted octanol–water partition coefficient (Wildman–Crippen LogP) is 0.937. The van der Waals surface area contributed by atoms with E-state index in [9.17, 15) is 17.3 Å². The fraction of sp³-hybridized carbons (Fsp3) is 1.00. The van der Waals surface area contributed by atoms with Gasteiger partial charge in [-0.2, -0.15) is 4.89 Å². The molecule has 0 bridgehead atoms. The Morgan fingerprint density at radius 2 is 1.50 bits per heavy atom. The molecule has 10 heavy (non-hydrogen) atoms. The van der Waals surface area contributed by atoms with Crippen molar-refractivity contribution in [3.63, 3.8) is 0 Å². The van der Waals surface area contributed by atoms with Crippen molar-refractivity contribution in [2.75, 3.05) is 14.2 Å². The highest BCUT2D eigenvalue weighted by atomic mass is 19.5. The second kappa shape index (κ2) is 6.78. The van der Waals surface area contributed by atoms with Crippen molar-refractivity contribution < 1.29 is 32.1 Å². The molecule has 0 aromatic carbocycles. The Kier molecular flexibility index (Phi) is 8.37. The second-order valence-electron chi connectivity index (χ2n) is 0.919. The Morgan fingerprint density at radius 3 is 1.50 bits per heavy atom. The third-order valence-corrected chi connectivity index (χ3v) is 0.149. The molecule has 64 valence electrons. The molecule has 0 atom stereocenters. The molecule has 0 aliphatic heterocycles. The average Bonchev–Trinajstić information content (AvgIpc) is 1.63. The van der Waals surface area contributed by atoms with Gasteiger partial charge in [0.05, 0.1) is 12.1 Å². The molecule has 0 amide bonds. The maximum absolute atomic E-state index is 9.75. The molecule has 0 rings (SSSR count). The van der Waals surface area contributed by atoms with Gasteiger partial charge in [-0.05, 0) is 0 Å². The van der Waals surface area contributed by atoms with Crippen LogP contribution in [0, 0.1) is 0 Å². The molecular weight excluding hydrogens is 159 g/mol. The van der Waals surface area contributed by atoms with Gasteiger partial charge >= 0.3 is 7.25 Å². The van der Waals surface area contributed by atoms with Gasteiger partial charge in [0.1, 0.15) is 0 Å². The second-order valence-corrected chi connectivity index (χ2v) is 0.919. The van der Waals surface area contributed by atoms with Crippen molar-refractivity contribution in [2.45, 2.75) is 0 Å². The number of hydrogen-bond donors (Lipinski definition) is 0. The van der Waals surface area contributed by atoms with Gasteiger partial charge in [0, 0.05) is 0 Å². The average molecular weight is 166 g/mol. The first kappa shape index (κ1) is 12.4. The van der Waals surface area contributed by atoms with E-state index >= 15 is 0 Å². The molecule has 0 saturated heterocycles. The zero-order chi connectivity index (χ0) is 8.62. The smallest absolute Gasteiger partial charge is 0.418 e. The molecule has 3 nitrogen and oxygen atoms in total. The Balaban J connectivity index is 0. The van der Waals surface area contributed by atoms with Gasteiger partial charge in [-0.3, -0.25) is 0 Å². The quantitative estimate of drug-likeness (QED) is 0.201. The molecule has 0 saturated carbocycles. The van der Waals surface area contributed by atoms with E-state index in [4.69, 9.17) is 0 Å². The van der Waals surface area contributed by atoms with Crippen molar-refractivity contribution in [1.29, 1.82) is 0 Å². The van der Waals surface area contributed by atoms with Crippen molar-refractivity contribution in [3.05, 3.63) is 0 Å². The zero-order valence-electron chi connectivity index (χ0n) is 5.35. The molecule has 0 spiro atoms. The number of aliphatic hydroxyl groups is 1. The number of halogens is 4. The minimum absolute atomic E-state index is 1.40. The van der Waals surface area contributed by atoms with Gasteiger partial charge in [-0.1, -0.05) is 0 Å². The Labute approximate surface area is 54.8 Å². The van der Waals surface area contributed by atoms with Gasteiger partial charge in [-0.25, -0.2) is 4.89 Å². The molecule has 0 radical (unpaired) electrons. The summed E-state index contributed by atoms with van der Waals surface area (Å²) in [5.74, 6) is 0. The van der Waals surface area contributed by atoms with Crippen LogP contribution in [0.2, 0.25) is 0 Å². The normalized spacial score (nSPS) is 10.2. The van der Waals surface area contributed by atoms with E-state index in [1.165, 1.54) is 14.2 Å². The van der Waals surface area contributed by atoms with E-state index < -0.39 is 7.25 Å². The van der Waals surface area contributed by atoms with Gasteiger partial charge in [-0.15, -0.1) is 0 Å². The van der Waals surface area contributed by atoms with Crippen LogP contribution in [0.3, 0.4) is 0 Å². The molecule has 0 aromatic rings. The largest absolute Gasteiger partial charge is 0.673 e. The fourth-order valence-electron chi connectivity index (χ4n) is 0.0745. The van der Waals surface area contributed by atoms with Crippen LogP contribution in [0.4, 0.5) is 17.3 Å². The number of hydrogen-bond acceptors (Lipinski definition) is 2. The van der Waals surface area contributed by atoms with E-state index in [0.29, 0.717) is 0 Å². The van der Waals surface area contributed by atoms with Crippen LogP contribution < -0.4 is 0 Å². The highest BCUT2D eigenvalue weighted by Crippen LogP contribution is 2.06. The zero-order valence-corrected chi connectivity index (χ0v) is 5.35. The van der Waals surface area contributed by atoms with Crippen LogP contribution in [-0.4, -0.2) is 26.4 Å². The minimum atomic E-state index is -6.00. The standard InChI is InChI=1S/C2H6O3.BF4/c1-3-5-4-2;2-1(3,4)5/h1-2H3;/q;-1/p+1. The maximum Gasteiger partial charge on any atom is 0.673 e. The lowest BCUT2D eigenvalue weighted by Crippen LogP contribution is -2.02. The summed E-state index contributed by atoms with van der Waals surface area (Å²) >= 11 is 0. The van der Waals surface area contributed by atoms with Crippen molar-refractivity contribution in [3.8, 4) is 0 Å². The van der Waals surface area contributed by atoms with Crippen LogP contribution in [0.5, 0.6) is 0 Å². The highest BCUT2D eigenvalue weighted by Gasteiger charge is 2.20. The summed E-state index contributed by atoms with van der Waals surface area (Å²) in [6.45, 7) is 0. The Morgan fingerprint density at radius 1 is 1.20 bits per heavy atom. The molecule has 0 aliphatic rings. The van der Waals surface area contributed by atoms with Gasteiger partial charge in [0.15, 0.2) is 7.11 Å². The lowest BCUT2D eigenvalue weighted by Gasteiger charge is -1.94. The van der Waals surface area contributed by atoms with Crippen molar-refractivity contribution >= 4 is 7.25 Å². The predicted molar refractivity (Wildman–Crippen MR) is 26.4 cm³/mol. The molecule has 0 unspecified atom stereocenters. The van der Waals surface area contributed by atoms with E-state index in [0.717, 1.165) is 0 Å². The summed E-state index contributed by atoms with van der Waals surface area (Å²) in [7, 11) is -3.11. The van der Waals surface area contributed by atoms with Gasteiger partial charge < -0.3 is 17.3 Å². The van der Waals surface area contributed by atoms with Crippen LogP contribution >= 0.6 is 0 Å². The van der Waals surface area contributed by atoms with Crippen LogP contribution in [-0.2, 0) is 9.93 Å². The molecule has 8 heteroatoms. The van der Waals surface area contributed by atoms with E-state index in [1.807, 2.05) is 0 Å². The van der Waals surface area contributed by atoms with E-state index in [-0.39, 0.29) is 0 Å². The van der Waals surface area contributed by atoms with Crippen molar-refractivity contribution in [1.82, 2.24) is 0 Å². The highest BCUT2D eigenvalue weighted by molar-refractivity contribution is 6.50. The Hall–Kier alpha value is -0.335. The van der Waals surface area contributed by atoms with Gasteiger partial charge in [0.2, 0.25) is 0 Å².